The number of aromatic nitrogens is 2. The number of fused-ring (bicyclic) bond motifs is 1. The van der Waals surface area contributed by atoms with E-state index in [1.165, 1.54) is 11.5 Å². The third-order valence-corrected chi connectivity index (χ3v) is 4.60. The first-order chi connectivity index (χ1) is 13.3. The zero-order valence-electron chi connectivity index (χ0n) is 14.5. The molecule has 27 heavy (non-hydrogen) atoms. The molecular formula is C19H19N3O4S. The molecule has 1 aromatic heterocycles. The van der Waals surface area contributed by atoms with Gasteiger partial charge in [0.05, 0.1) is 0 Å². The number of hydrogen-bond donors (Lipinski definition) is 2. The van der Waals surface area contributed by atoms with Crippen molar-refractivity contribution in [2.75, 3.05) is 19.9 Å². The fourth-order valence-electron chi connectivity index (χ4n) is 2.70. The number of ether oxygens (including phenoxy) is 3. The second-order valence-corrected chi connectivity index (χ2v) is 6.71. The summed E-state index contributed by atoms with van der Waals surface area (Å²) in [4.78, 5) is 0. The van der Waals surface area contributed by atoms with Crippen LogP contribution in [0.15, 0.2) is 47.8 Å². The lowest BCUT2D eigenvalue weighted by molar-refractivity contribution is 0.106. The number of aliphatic hydroxyl groups is 1. The summed E-state index contributed by atoms with van der Waals surface area (Å²) in [6, 6.07) is 13.4. The van der Waals surface area contributed by atoms with Crippen molar-refractivity contribution in [3.8, 4) is 28.5 Å². The first kappa shape index (κ1) is 17.7. The molecule has 1 aliphatic rings. The normalized spacial score (nSPS) is 13.5. The van der Waals surface area contributed by atoms with Gasteiger partial charge in [0.15, 0.2) is 11.5 Å². The van der Waals surface area contributed by atoms with E-state index in [0.717, 1.165) is 28.3 Å². The second-order valence-electron chi connectivity index (χ2n) is 6.10. The quantitative estimate of drug-likeness (QED) is 0.616. The predicted octanol–water partition coefficient (Wildman–Crippen LogP) is 2.46. The Hall–Kier alpha value is -2.68. The van der Waals surface area contributed by atoms with E-state index in [4.69, 9.17) is 14.2 Å². The number of nitrogens with one attached hydrogen (secondary N) is 1. The van der Waals surface area contributed by atoms with Crippen molar-refractivity contribution in [3.63, 3.8) is 0 Å². The lowest BCUT2D eigenvalue weighted by Crippen LogP contribution is -2.31. The Kier molecular flexibility index (Phi) is 5.47. The molecule has 0 unspecified atom stereocenters. The van der Waals surface area contributed by atoms with Gasteiger partial charge in [-0.25, -0.2) is 0 Å². The maximum Gasteiger partial charge on any atom is 0.231 e. The molecule has 2 aromatic carbocycles. The number of rotatable bonds is 8. The molecule has 2 heterocycles. The van der Waals surface area contributed by atoms with Crippen molar-refractivity contribution >= 4 is 11.5 Å². The summed E-state index contributed by atoms with van der Waals surface area (Å²) < 4.78 is 20.2. The summed E-state index contributed by atoms with van der Waals surface area (Å²) in [7, 11) is 0. The van der Waals surface area contributed by atoms with Crippen LogP contribution in [0.2, 0.25) is 0 Å². The third kappa shape index (κ3) is 4.54. The van der Waals surface area contributed by atoms with E-state index < -0.39 is 6.10 Å². The average molecular weight is 385 g/mol. The minimum Gasteiger partial charge on any atom is -0.491 e. The summed E-state index contributed by atoms with van der Waals surface area (Å²) in [5.74, 6) is 2.23. The zero-order valence-corrected chi connectivity index (χ0v) is 15.3. The van der Waals surface area contributed by atoms with E-state index in [2.05, 4.69) is 14.9 Å². The molecule has 140 valence electrons. The summed E-state index contributed by atoms with van der Waals surface area (Å²) >= 11 is 1.32. The van der Waals surface area contributed by atoms with Gasteiger partial charge >= 0.3 is 0 Å². The summed E-state index contributed by atoms with van der Waals surface area (Å²) in [6.07, 6.45) is -0.610. The minimum atomic E-state index is -0.610. The molecule has 1 aliphatic heterocycles. The van der Waals surface area contributed by atoms with Crippen molar-refractivity contribution in [3.05, 3.63) is 53.4 Å². The topological polar surface area (TPSA) is 85.7 Å². The molecule has 0 bridgehead atoms. The summed E-state index contributed by atoms with van der Waals surface area (Å²) in [5, 5.41) is 19.2. The van der Waals surface area contributed by atoms with E-state index in [1.807, 2.05) is 47.8 Å². The number of benzene rings is 2. The van der Waals surface area contributed by atoms with Crippen LogP contribution in [-0.2, 0) is 6.54 Å². The third-order valence-electron chi connectivity index (χ3n) is 4.10. The van der Waals surface area contributed by atoms with Gasteiger partial charge in [0, 0.05) is 24.0 Å². The van der Waals surface area contributed by atoms with E-state index in [1.54, 1.807) is 0 Å². The van der Waals surface area contributed by atoms with E-state index in [-0.39, 0.29) is 13.4 Å². The molecule has 8 heteroatoms. The van der Waals surface area contributed by atoms with Gasteiger partial charge in [-0.05, 0) is 53.5 Å². The van der Waals surface area contributed by atoms with Crippen molar-refractivity contribution in [1.82, 2.24) is 14.9 Å². The molecule has 1 atom stereocenters. The number of nitrogens with zero attached hydrogens (tertiary/aromatic N) is 2. The molecule has 0 saturated heterocycles. The fraction of sp³-hybridized carbons (Fsp3) is 0.263. The van der Waals surface area contributed by atoms with Crippen LogP contribution in [0.1, 0.15) is 5.56 Å². The smallest absolute Gasteiger partial charge is 0.231 e. The monoisotopic (exact) mass is 385 g/mol. The first-order valence-electron chi connectivity index (χ1n) is 8.55. The Morgan fingerprint density at radius 3 is 2.81 bits per heavy atom. The Labute approximate surface area is 160 Å². The highest BCUT2D eigenvalue weighted by molar-refractivity contribution is 7.03. The molecule has 0 fully saturated rings. The minimum absolute atomic E-state index is 0.214. The molecule has 0 spiro atoms. The predicted molar refractivity (Wildman–Crippen MR) is 101 cm³/mol. The van der Waals surface area contributed by atoms with Crippen LogP contribution in [0.4, 0.5) is 0 Å². The maximum absolute atomic E-state index is 10.1. The summed E-state index contributed by atoms with van der Waals surface area (Å²) in [5.41, 5.74) is 2.90. The average Bonchev–Trinajstić information content (AvgIpc) is 3.38. The van der Waals surface area contributed by atoms with Crippen molar-refractivity contribution in [2.24, 2.45) is 0 Å². The van der Waals surface area contributed by atoms with E-state index >= 15 is 0 Å². The van der Waals surface area contributed by atoms with Gasteiger partial charge in [0.2, 0.25) is 6.79 Å². The van der Waals surface area contributed by atoms with Gasteiger partial charge < -0.3 is 24.6 Å². The van der Waals surface area contributed by atoms with Crippen molar-refractivity contribution < 1.29 is 19.3 Å². The van der Waals surface area contributed by atoms with Gasteiger partial charge in [-0.3, -0.25) is 0 Å². The summed E-state index contributed by atoms with van der Waals surface area (Å²) in [6.45, 7) is 1.54. The molecule has 0 aliphatic carbocycles. The maximum atomic E-state index is 10.1. The molecule has 4 rings (SSSR count). The van der Waals surface area contributed by atoms with Crippen LogP contribution in [0.3, 0.4) is 0 Å². The Morgan fingerprint density at radius 2 is 2.00 bits per heavy atom. The van der Waals surface area contributed by atoms with Crippen LogP contribution in [0.25, 0.3) is 11.3 Å². The van der Waals surface area contributed by atoms with E-state index in [9.17, 15) is 5.11 Å². The van der Waals surface area contributed by atoms with Crippen LogP contribution in [-0.4, -0.2) is 40.7 Å². The first-order valence-corrected chi connectivity index (χ1v) is 9.39. The van der Waals surface area contributed by atoms with Gasteiger partial charge in [-0.2, -0.15) is 0 Å². The molecule has 3 aromatic rings. The SMILES string of the molecule is O[C@@H](CNCc1ccc2c(c1)OCO2)COc1ccc(-c2csnn2)cc1. The lowest BCUT2D eigenvalue weighted by atomic mass is 10.2. The molecule has 0 saturated carbocycles. The second kappa shape index (κ2) is 8.34. The van der Waals surface area contributed by atoms with Crippen molar-refractivity contribution in [2.45, 2.75) is 12.6 Å². The van der Waals surface area contributed by atoms with Crippen LogP contribution >= 0.6 is 11.5 Å². The van der Waals surface area contributed by atoms with Gasteiger partial charge in [0.1, 0.15) is 24.2 Å². The lowest BCUT2D eigenvalue weighted by Gasteiger charge is -2.13. The molecule has 0 radical (unpaired) electrons. The van der Waals surface area contributed by atoms with Gasteiger partial charge in [0.25, 0.3) is 0 Å². The number of hydrogen-bond acceptors (Lipinski definition) is 8. The van der Waals surface area contributed by atoms with Crippen LogP contribution in [0.5, 0.6) is 17.2 Å². The molecular weight excluding hydrogens is 366 g/mol. The molecule has 2 N–H and O–H groups in total. The zero-order chi connectivity index (χ0) is 18.5. The van der Waals surface area contributed by atoms with Gasteiger partial charge in [-0.1, -0.05) is 10.6 Å². The fourth-order valence-corrected chi connectivity index (χ4v) is 3.16. The standard InChI is InChI=1S/C19H19N3O4S/c23-15(9-20-8-13-1-6-18-19(7-13)26-12-25-18)10-24-16-4-2-14(3-5-16)17-11-27-22-21-17/h1-7,11,15,20,23H,8-10,12H2/t15-/m0/s1. The van der Waals surface area contributed by atoms with Crippen LogP contribution in [0, 0.1) is 0 Å². The van der Waals surface area contributed by atoms with E-state index in [0.29, 0.717) is 18.8 Å². The molecule has 7 nitrogen and oxygen atoms in total. The highest BCUT2D eigenvalue weighted by atomic mass is 32.1. The Morgan fingerprint density at radius 1 is 1.15 bits per heavy atom. The Bertz CT molecular complexity index is 871. The van der Waals surface area contributed by atoms with Crippen LogP contribution < -0.4 is 19.5 Å². The van der Waals surface area contributed by atoms with Crippen molar-refractivity contribution in [1.29, 1.82) is 0 Å². The van der Waals surface area contributed by atoms with Gasteiger partial charge in [-0.15, -0.1) is 5.10 Å². The Balaban J connectivity index is 1.20. The largest absolute Gasteiger partial charge is 0.491 e. The number of aliphatic hydroxyl groups excluding tert-OH is 1. The highest BCUT2D eigenvalue weighted by Crippen LogP contribution is 2.32. The molecule has 0 amide bonds. The highest BCUT2D eigenvalue weighted by Gasteiger charge is 2.13.